The van der Waals surface area contributed by atoms with Crippen LogP contribution >= 0.6 is 0 Å². The van der Waals surface area contributed by atoms with Crippen LogP contribution in [-0.4, -0.2) is 29.6 Å². The van der Waals surface area contributed by atoms with Crippen molar-refractivity contribution >= 4 is 0 Å². The van der Waals surface area contributed by atoms with E-state index < -0.39 is 6.10 Å². The van der Waals surface area contributed by atoms with Crippen LogP contribution in [0.4, 0.5) is 0 Å². The summed E-state index contributed by atoms with van der Waals surface area (Å²) in [5.74, 6) is 0.868. The van der Waals surface area contributed by atoms with Gasteiger partial charge in [0.1, 0.15) is 0 Å². The molecule has 1 aromatic rings. The Hall–Kier alpha value is -1.37. The standard InChI is InChI=1S/C18H26N2O/c1-2-4-15-5-3-11-20(12-10-15)14-18(21)17-8-6-16(13-19)7-9-17/h6-9,15,18,21H,2-5,10-12,14H2,1H3. The SMILES string of the molecule is CCCC1CCCN(CC(O)c2ccc(C#N)cc2)CC1. The molecule has 0 saturated carbocycles. The third-order valence-corrected chi connectivity index (χ3v) is 4.49. The Balaban J connectivity index is 1.87. The molecule has 21 heavy (non-hydrogen) atoms. The summed E-state index contributed by atoms with van der Waals surface area (Å²) in [4.78, 5) is 2.39. The Morgan fingerprint density at radius 2 is 2.05 bits per heavy atom. The Labute approximate surface area is 128 Å². The molecule has 0 aliphatic carbocycles. The van der Waals surface area contributed by atoms with Gasteiger partial charge >= 0.3 is 0 Å². The lowest BCUT2D eigenvalue weighted by molar-refractivity contribution is 0.114. The van der Waals surface area contributed by atoms with Gasteiger partial charge in [-0.1, -0.05) is 31.9 Å². The van der Waals surface area contributed by atoms with Crippen molar-refractivity contribution in [3.8, 4) is 6.07 Å². The first-order valence-corrected chi connectivity index (χ1v) is 8.13. The van der Waals surface area contributed by atoms with Gasteiger partial charge in [0, 0.05) is 6.54 Å². The van der Waals surface area contributed by atoms with E-state index >= 15 is 0 Å². The van der Waals surface area contributed by atoms with E-state index in [9.17, 15) is 5.11 Å². The third-order valence-electron chi connectivity index (χ3n) is 4.49. The molecule has 2 atom stereocenters. The van der Waals surface area contributed by atoms with Crippen molar-refractivity contribution in [1.29, 1.82) is 5.26 Å². The number of β-amino-alcohol motifs (C(OH)–C–C–N with tert-alkyl or cyclic N) is 1. The van der Waals surface area contributed by atoms with Crippen LogP contribution in [0.25, 0.3) is 0 Å². The molecule has 3 heteroatoms. The van der Waals surface area contributed by atoms with Crippen molar-refractivity contribution in [2.45, 2.75) is 45.1 Å². The van der Waals surface area contributed by atoms with E-state index in [-0.39, 0.29) is 0 Å². The maximum absolute atomic E-state index is 10.4. The van der Waals surface area contributed by atoms with E-state index in [0.29, 0.717) is 12.1 Å². The molecule has 0 radical (unpaired) electrons. The number of rotatable bonds is 5. The Bertz CT molecular complexity index is 463. The summed E-state index contributed by atoms with van der Waals surface area (Å²) in [6.45, 7) is 5.15. The Kier molecular flexibility index (Phi) is 6.22. The zero-order chi connectivity index (χ0) is 15.1. The molecule has 0 spiro atoms. The number of nitrogens with zero attached hydrogens (tertiary/aromatic N) is 2. The number of aliphatic hydroxyl groups is 1. The summed E-state index contributed by atoms with van der Waals surface area (Å²) >= 11 is 0. The van der Waals surface area contributed by atoms with Gasteiger partial charge in [0.05, 0.1) is 17.7 Å². The summed E-state index contributed by atoms with van der Waals surface area (Å²) in [5.41, 5.74) is 1.55. The fourth-order valence-electron chi connectivity index (χ4n) is 3.23. The molecule has 1 fully saturated rings. The molecular formula is C18H26N2O. The van der Waals surface area contributed by atoms with Crippen molar-refractivity contribution in [2.24, 2.45) is 5.92 Å². The van der Waals surface area contributed by atoms with Crippen molar-refractivity contribution in [2.75, 3.05) is 19.6 Å². The highest BCUT2D eigenvalue weighted by Gasteiger charge is 2.19. The molecule has 1 aromatic carbocycles. The number of nitriles is 1. The van der Waals surface area contributed by atoms with Crippen LogP contribution in [0.2, 0.25) is 0 Å². The minimum atomic E-state index is -0.458. The summed E-state index contributed by atoms with van der Waals surface area (Å²) in [5, 5.41) is 19.2. The van der Waals surface area contributed by atoms with Gasteiger partial charge < -0.3 is 10.0 Å². The highest BCUT2D eigenvalue weighted by atomic mass is 16.3. The number of hydrogen-bond donors (Lipinski definition) is 1. The van der Waals surface area contributed by atoms with E-state index in [1.54, 1.807) is 12.1 Å². The predicted octanol–water partition coefficient (Wildman–Crippen LogP) is 3.49. The number of likely N-dealkylation sites (tertiary alicyclic amines) is 1. The molecule has 0 bridgehead atoms. The van der Waals surface area contributed by atoms with Crippen LogP contribution < -0.4 is 0 Å². The average molecular weight is 286 g/mol. The first-order chi connectivity index (χ1) is 10.2. The smallest absolute Gasteiger partial charge is 0.0991 e. The van der Waals surface area contributed by atoms with Gasteiger partial charge in [-0.3, -0.25) is 0 Å². The van der Waals surface area contributed by atoms with Crippen LogP contribution in [0.15, 0.2) is 24.3 Å². The topological polar surface area (TPSA) is 47.3 Å². The molecule has 1 heterocycles. The normalized spacial score (nSPS) is 21.5. The molecule has 0 amide bonds. The Morgan fingerprint density at radius 1 is 1.29 bits per heavy atom. The molecule has 114 valence electrons. The first kappa shape index (κ1) is 16.0. The quantitative estimate of drug-likeness (QED) is 0.901. The second-order valence-corrected chi connectivity index (χ2v) is 6.14. The zero-order valence-electron chi connectivity index (χ0n) is 13.0. The number of benzene rings is 1. The van der Waals surface area contributed by atoms with Crippen LogP contribution in [0.5, 0.6) is 0 Å². The van der Waals surface area contributed by atoms with Gasteiger partial charge in [-0.25, -0.2) is 0 Å². The molecule has 1 aliphatic heterocycles. The maximum atomic E-state index is 10.4. The fourth-order valence-corrected chi connectivity index (χ4v) is 3.23. The summed E-state index contributed by atoms with van der Waals surface area (Å²) in [6.07, 6.45) is 5.99. The van der Waals surface area contributed by atoms with Crippen LogP contribution in [0.3, 0.4) is 0 Å². The van der Waals surface area contributed by atoms with Gasteiger partial charge in [0.25, 0.3) is 0 Å². The lowest BCUT2D eigenvalue weighted by atomic mass is 9.96. The molecular weight excluding hydrogens is 260 g/mol. The molecule has 3 nitrogen and oxygen atoms in total. The van der Waals surface area contributed by atoms with E-state index in [2.05, 4.69) is 17.9 Å². The van der Waals surface area contributed by atoms with Crippen molar-refractivity contribution in [3.05, 3.63) is 35.4 Å². The molecule has 0 aromatic heterocycles. The lowest BCUT2D eigenvalue weighted by Gasteiger charge is -2.23. The monoisotopic (exact) mass is 286 g/mol. The molecule has 2 unspecified atom stereocenters. The average Bonchev–Trinajstić information content (AvgIpc) is 2.73. The van der Waals surface area contributed by atoms with E-state index in [0.717, 1.165) is 24.6 Å². The number of aliphatic hydroxyl groups excluding tert-OH is 1. The van der Waals surface area contributed by atoms with Crippen molar-refractivity contribution in [1.82, 2.24) is 4.90 Å². The second-order valence-electron chi connectivity index (χ2n) is 6.14. The largest absolute Gasteiger partial charge is 0.387 e. The molecule has 2 rings (SSSR count). The molecule has 1 saturated heterocycles. The van der Waals surface area contributed by atoms with Crippen LogP contribution in [0.1, 0.15) is 56.3 Å². The Morgan fingerprint density at radius 3 is 2.71 bits per heavy atom. The van der Waals surface area contributed by atoms with Gasteiger partial charge in [-0.2, -0.15) is 5.26 Å². The fraction of sp³-hybridized carbons (Fsp3) is 0.611. The van der Waals surface area contributed by atoms with Gasteiger partial charge in [-0.15, -0.1) is 0 Å². The summed E-state index contributed by atoms with van der Waals surface area (Å²) < 4.78 is 0. The predicted molar refractivity (Wildman–Crippen MR) is 84.8 cm³/mol. The molecule has 1 N–H and O–H groups in total. The second kappa shape index (κ2) is 8.17. The van der Waals surface area contributed by atoms with Gasteiger partial charge in [0.2, 0.25) is 0 Å². The first-order valence-electron chi connectivity index (χ1n) is 8.13. The number of hydrogen-bond acceptors (Lipinski definition) is 3. The maximum Gasteiger partial charge on any atom is 0.0991 e. The minimum Gasteiger partial charge on any atom is -0.387 e. The van der Waals surface area contributed by atoms with Crippen LogP contribution in [-0.2, 0) is 0 Å². The van der Waals surface area contributed by atoms with E-state index in [4.69, 9.17) is 5.26 Å². The van der Waals surface area contributed by atoms with Crippen molar-refractivity contribution in [3.63, 3.8) is 0 Å². The highest BCUT2D eigenvalue weighted by Crippen LogP contribution is 2.23. The molecule has 1 aliphatic rings. The minimum absolute atomic E-state index is 0.458. The van der Waals surface area contributed by atoms with Crippen molar-refractivity contribution < 1.29 is 5.11 Å². The highest BCUT2D eigenvalue weighted by molar-refractivity contribution is 5.32. The van der Waals surface area contributed by atoms with Crippen LogP contribution in [0, 0.1) is 17.2 Å². The third kappa shape index (κ3) is 4.84. The zero-order valence-corrected chi connectivity index (χ0v) is 13.0. The summed E-state index contributed by atoms with van der Waals surface area (Å²) in [7, 11) is 0. The van der Waals surface area contributed by atoms with Gasteiger partial charge in [-0.05, 0) is 56.0 Å². The lowest BCUT2D eigenvalue weighted by Crippen LogP contribution is -2.29. The summed E-state index contributed by atoms with van der Waals surface area (Å²) in [6, 6.07) is 9.38. The van der Waals surface area contributed by atoms with E-state index in [1.165, 1.54) is 32.1 Å². The van der Waals surface area contributed by atoms with Gasteiger partial charge in [0.15, 0.2) is 0 Å². The van der Waals surface area contributed by atoms with E-state index in [1.807, 2.05) is 12.1 Å².